The van der Waals surface area contributed by atoms with Crippen LogP contribution in [0.1, 0.15) is 22.8 Å². The number of nitrogens with zero attached hydrogens (tertiary/aromatic N) is 4. The van der Waals surface area contributed by atoms with Crippen molar-refractivity contribution in [2.45, 2.75) is 19.6 Å². The Morgan fingerprint density at radius 3 is 2.50 bits per heavy atom. The highest BCUT2D eigenvalue weighted by Crippen LogP contribution is 2.10. The van der Waals surface area contributed by atoms with Crippen molar-refractivity contribution in [2.75, 3.05) is 0 Å². The topological polar surface area (TPSA) is 99.0 Å². The minimum Gasteiger partial charge on any atom is -0.449 e. The second-order valence-corrected chi connectivity index (χ2v) is 5.55. The van der Waals surface area contributed by atoms with Crippen LogP contribution in [0.25, 0.3) is 5.69 Å². The van der Waals surface area contributed by atoms with Crippen LogP contribution in [0.5, 0.6) is 0 Å². The number of aromatic nitrogens is 4. The zero-order chi connectivity index (χ0) is 18.4. The molecule has 0 saturated heterocycles. The first-order chi connectivity index (χ1) is 12.6. The number of tetrazole rings is 1. The molecule has 0 aliphatic carbocycles. The first kappa shape index (κ1) is 17.3. The third-order valence-electron chi connectivity index (χ3n) is 3.68. The maximum atomic E-state index is 12.2. The average Bonchev–Trinajstić information content (AvgIpc) is 3.21. The predicted octanol–water partition coefficient (Wildman–Crippen LogP) is 1.52. The average molecular weight is 351 g/mol. The van der Waals surface area contributed by atoms with Gasteiger partial charge in [0.1, 0.15) is 6.33 Å². The molecule has 8 heteroatoms. The molecule has 0 bridgehead atoms. The van der Waals surface area contributed by atoms with Crippen molar-refractivity contribution in [1.29, 1.82) is 0 Å². The zero-order valence-electron chi connectivity index (χ0n) is 14.1. The molecule has 132 valence electrons. The summed E-state index contributed by atoms with van der Waals surface area (Å²) in [7, 11) is 0. The van der Waals surface area contributed by atoms with Gasteiger partial charge < -0.3 is 10.1 Å². The standard InChI is InChI=1S/C18H17N5O3/c1-13(17(24)19-11-14-5-3-2-4-6-14)26-18(25)15-7-9-16(10-8-15)23-12-20-21-22-23/h2-10,12-13H,11H2,1H3,(H,19,24)/t13-/m1/s1. The number of carbonyl (C=O) groups excluding carboxylic acids is 2. The van der Waals surface area contributed by atoms with Crippen LogP contribution < -0.4 is 5.32 Å². The van der Waals surface area contributed by atoms with E-state index in [1.807, 2.05) is 30.3 Å². The first-order valence-electron chi connectivity index (χ1n) is 7.99. The fourth-order valence-corrected chi connectivity index (χ4v) is 2.24. The van der Waals surface area contributed by atoms with E-state index in [-0.39, 0.29) is 5.91 Å². The van der Waals surface area contributed by atoms with Crippen LogP contribution in [0.3, 0.4) is 0 Å². The SMILES string of the molecule is C[C@@H](OC(=O)c1ccc(-n2cnnn2)cc1)C(=O)NCc1ccccc1. The Morgan fingerprint density at radius 1 is 1.12 bits per heavy atom. The number of hydrogen-bond donors (Lipinski definition) is 1. The van der Waals surface area contributed by atoms with Crippen LogP contribution in [0.15, 0.2) is 60.9 Å². The van der Waals surface area contributed by atoms with E-state index in [4.69, 9.17) is 4.74 Å². The van der Waals surface area contributed by atoms with E-state index in [1.165, 1.54) is 17.9 Å². The van der Waals surface area contributed by atoms with Crippen LogP contribution in [0, 0.1) is 0 Å². The monoisotopic (exact) mass is 351 g/mol. The Morgan fingerprint density at radius 2 is 1.85 bits per heavy atom. The Labute approximate surface area is 149 Å². The molecule has 0 aliphatic heterocycles. The van der Waals surface area contributed by atoms with Gasteiger partial charge in [0.25, 0.3) is 5.91 Å². The van der Waals surface area contributed by atoms with E-state index in [0.717, 1.165) is 5.56 Å². The number of benzene rings is 2. The largest absolute Gasteiger partial charge is 0.449 e. The summed E-state index contributed by atoms with van der Waals surface area (Å²) < 4.78 is 6.69. The highest BCUT2D eigenvalue weighted by molar-refractivity contribution is 5.92. The van der Waals surface area contributed by atoms with Gasteiger partial charge in [-0.1, -0.05) is 30.3 Å². The van der Waals surface area contributed by atoms with Gasteiger partial charge in [-0.05, 0) is 47.2 Å². The molecule has 1 heterocycles. The quantitative estimate of drug-likeness (QED) is 0.676. The van der Waals surface area contributed by atoms with Crippen LogP contribution in [-0.2, 0) is 16.1 Å². The molecule has 1 aromatic heterocycles. The molecule has 0 spiro atoms. The van der Waals surface area contributed by atoms with Crippen molar-refractivity contribution >= 4 is 11.9 Å². The van der Waals surface area contributed by atoms with E-state index in [9.17, 15) is 9.59 Å². The second-order valence-electron chi connectivity index (χ2n) is 5.55. The van der Waals surface area contributed by atoms with Crippen molar-refractivity contribution < 1.29 is 14.3 Å². The van der Waals surface area contributed by atoms with E-state index in [1.54, 1.807) is 24.3 Å². The molecule has 8 nitrogen and oxygen atoms in total. The van der Waals surface area contributed by atoms with Gasteiger partial charge in [-0.2, -0.15) is 0 Å². The van der Waals surface area contributed by atoms with Gasteiger partial charge >= 0.3 is 5.97 Å². The van der Waals surface area contributed by atoms with Gasteiger partial charge in [0.15, 0.2) is 6.10 Å². The summed E-state index contributed by atoms with van der Waals surface area (Å²) in [5.74, 6) is -0.928. The van der Waals surface area contributed by atoms with Crippen LogP contribution in [0.2, 0.25) is 0 Å². The fourth-order valence-electron chi connectivity index (χ4n) is 2.24. The lowest BCUT2D eigenvalue weighted by Gasteiger charge is -2.13. The van der Waals surface area contributed by atoms with Gasteiger partial charge in [-0.3, -0.25) is 4.79 Å². The summed E-state index contributed by atoms with van der Waals surface area (Å²) in [6, 6.07) is 16.1. The van der Waals surface area contributed by atoms with E-state index < -0.39 is 12.1 Å². The number of rotatable bonds is 6. The number of esters is 1. The lowest BCUT2D eigenvalue weighted by atomic mass is 10.2. The highest BCUT2D eigenvalue weighted by Gasteiger charge is 2.18. The summed E-state index contributed by atoms with van der Waals surface area (Å²) >= 11 is 0. The molecule has 0 saturated carbocycles. The summed E-state index contributed by atoms with van der Waals surface area (Å²) in [5, 5.41) is 13.6. The first-order valence-corrected chi connectivity index (χ1v) is 7.99. The van der Waals surface area contributed by atoms with Crippen LogP contribution in [0.4, 0.5) is 0 Å². The van der Waals surface area contributed by atoms with Gasteiger partial charge in [-0.25, -0.2) is 9.48 Å². The highest BCUT2D eigenvalue weighted by atomic mass is 16.5. The van der Waals surface area contributed by atoms with Crippen LogP contribution >= 0.6 is 0 Å². The summed E-state index contributed by atoms with van der Waals surface area (Å²) in [4.78, 5) is 24.3. The second kappa shape index (κ2) is 8.02. The minimum absolute atomic E-state index is 0.338. The molecule has 1 N–H and O–H groups in total. The maximum absolute atomic E-state index is 12.2. The lowest BCUT2D eigenvalue weighted by Crippen LogP contribution is -2.35. The molecule has 26 heavy (non-hydrogen) atoms. The van der Waals surface area contributed by atoms with E-state index in [2.05, 4.69) is 20.8 Å². The van der Waals surface area contributed by atoms with Crippen molar-refractivity contribution in [1.82, 2.24) is 25.5 Å². The third kappa shape index (κ3) is 4.29. The predicted molar refractivity (Wildman–Crippen MR) is 92.3 cm³/mol. The van der Waals surface area contributed by atoms with Crippen molar-refractivity contribution in [3.05, 3.63) is 72.1 Å². The smallest absolute Gasteiger partial charge is 0.338 e. The molecule has 0 radical (unpaired) electrons. The van der Waals surface area contributed by atoms with E-state index in [0.29, 0.717) is 17.8 Å². The number of ether oxygens (including phenoxy) is 1. The van der Waals surface area contributed by atoms with Gasteiger partial charge in [0.05, 0.1) is 11.3 Å². The van der Waals surface area contributed by atoms with Crippen molar-refractivity contribution in [3.63, 3.8) is 0 Å². The minimum atomic E-state index is -0.898. The molecule has 0 aliphatic rings. The maximum Gasteiger partial charge on any atom is 0.338 e. The Balaban J connectivity index is 1.54. The molecule has 1 amide bonds. The normalized spacial score (nSPS) is 11.6. The molecule has 0 fully saturated rings. The molecule has 1 atom stereocenters. The Bertz CT molecular complexity index is 864. The van der Waals surface area contributed by atoms with E-state index >= 15 is 0 Å². The van der Waals surface area contributed by atoms with Gasteiger partial charge in [0.2, 0.25) is 0 Å². The summed E-state index contributed by atoms with van der Waals surface area (Å²) in [5.41, 5.74) is 2.02. The fraction of sp³-hybridized carbons (Fsp3) is 0.167. The summed E-state index contributed by atoms with van der Waals surface area (Å²) in [6.07, 6.45) is 0.553. The molecule has 3 rings (SSSR count). The zero-order valence-corrected chi connectivity index (χ0v) is 14.1. The van der Waals surface area contributed by atoms with Crippen molar-refractivity contribution in [3.8, 4) is 5.69 Å². The van der Waals surface area contributed by atoms with Gasteiger partial charge in [-0.15, -0.1) is 5.10 Å². The van der Waals surface area contributed by atoms with Crippen LogP contribution in [-0.4, -0.2) is 38.2 Å². The molecule has 2 aromatic carbocycles. The molecular formula is C18H17N5O3. The van der Waals surface area contributed by atoms with Gasteiger partial charge in [0, 0.05) is 6.54 Å². The third-order valence-corrected chi connectivity index (χ3v) is 3.68. The molecule has 3 aromatic rings. The Kier molecular flexibility index (Phi) is 5.33. The molecule has 0 unspecified atom stereocenters. The molecular weight excluding hydrogens is 334 g/mol. The number of amides is 1. The summed E-state index contributed by atoms with van der Waals surface area (Å²) in [6.45, 7) is 1.91. The lowest BCUT2D eigenvalue weighted by molar-refractivity contribution is -0.129. The van der Waals surface area contributed by atoms with Crippen molar-refractivity contribution in [2.24, 2.45) is 0 Å². The number of hydrogen-bond acceptors (Lipinski definition) is 6. The number of carbonyl (C=O) groups is 2. The number of nitrogens with one attached hydrogen (secondary N) is 1. The Hall–Kier alpha value is -3.55.